The highest BCUT2D eigenvalue weighted by molar-refractivity contribution is 5.71. The summed E-state index contributed by atoms with van der Waals surface area (Å²) in [5, 5.41) is 9.14. The van der Waals surface area contributed by atoms with Crippen LogP contribution in [-0.4, -0.2) is 11.1 Å². The second-order valence-corrected chi connectivity index (χ2v) is 4.60. The molecule has 2 unspecified atom stereocenters. The maximum Gasteiger partial charge on any atom is 0.308 e. The molecule has 2 atom stereocenters. The molecular formula is C14H21NO2. The van der Waals surface area contributed by atoms with Crippen molar-refractivity contribution in [1.82, 2.24) is 0 Å². The Kier molecular flexibility index (Phi) is 4.29. The predicted octanol–water partition coefficient (Wildman–Crippen LogP) is 2.72. The Morgan fingerprint density at radius 3 is 2.35 bits per heavy atom. The third kappa shape index (κ3) is 2.67. The van der Waals surface area contributed by atoms with Gasteiger partial charge < -0.3 is 10.8 Å². The molecule has 0 aliphatic heterocycles. The summed E-state index contributed by atoms with van der Waals surface area (Å²) in [4.78, 5) is 11.1. The molecule has 0 radical (unpaired) electrons. The molecule has 0 bridgehead atoms. The highest BCUT2D eigenvalue weighted by atomic mass is 16.4. The van der Waals surface area contributed by atoms with E-state index in [9.17, 15) is 4.79 Å². The van der Waals surface area contributed by atoms with Crippen LogP contribution < -0.4 is 5.73 Å². The lowest BCUT2D eigenvalue weighted by Gasteiger charge is -2.22. The topological polar surface area (TPSA) is 63.3 Å². The van der Waals surface area contributed by atoms with E-state index in [0.717, 1.165) is 11.1 Å². The number of aliphatic carboxylic acids is 1. The molecule has 0 amide bonds. The standard InChI is InChI=1S/C14H21NO2/c1-5-11(14(16)17)13(15)12-7-6-8(2)9(3)10(12)4/h6-7,11,13H,5,15H2,1-4H3,(H,16,17). The number of hydrogen-bond acceptors (Lipinski definition) is 2. The van der Waals surface area contributed by atoms with Crippen LogP contribution in [-0.2, 0) is 4.79 Å². The van der Waals surface area contributed by atoms with Crippen molar-refractivity contribution >= 4 is 5.97 Å². The SMILES string of the molecule is CCC(C(=O)O)C(N)c1ccc(C)c(C)c1C. The predicted molar refractivity (Wildman–Crippen MR) is 69.0 cm³/mol. The first kappa shape index (κ1) is 13.7. The van der Waals surface area contributed by atoms with Crippen molar-refractivity contribution in [3.63, 3.8) is 0 Å². The van der Waals surface area contributed by atoms with Crippen LogP contribution in [0.5, 0.6) is 0 Å². The van der Waals surface area contributed by atoms with Crippen molar-refractivity contribution in [2.24, 2.45) is 11.7 Å². The lowest BCUT2D eigenvalue weighted by atomic mass is 9.87. The second-order valence-electron chi connectivity index (χ2n) is 4.60. The molecule has 94 valence electrons. The summed E-state index contributed by atoms with van der Waals surface area (Å²) in [6.45, 7) is 7.95. The number of nitrogens with two attached hydrogens (primary N) is 1. The second kappa shape index (κ2) is 5.32. The third-order valence-corrected chi connectivity index (χ3v) is 3.65. The van der Waals surface area contributed by atoms with Gasteiger partial charge in [0.1, 0.15) is 0 Å². The third-order valence-electron chi connectivity index (χ3n) is 3.65. The normalized spacial score (nSPS) is 14.4. The fourth-order valence-corrected chi connectivity index (χ4v) is 2.14. The number of carboxylic acids is 1. The lowest BCUT2D eigenvalue weighted by Crippen LogP contribution is -2.28. The zero-order chi connectivity index (χ0) is 13.2. The zero-order valence-electron chi connectivity index (χ0n) is 10.9. The summed E-state index contributed by atoms with van der Waals surface area (Å²) in [6, 6.07) is 3.52. The molecule has 3 nitrogen and oxygen atoms in total. The van der Waals surface area contributed by atoms with Gasteiger partial charge in [-0.3, -0.25) is 4.79 Å². The van der Waals surface area contributed by atoms with Gasteiger partial charge in [0.25, 0.3) is 0 Å². The van der Waals surface area contributed by atoms with Crippen molar-refractivity contribution in [2.75, 3.05) is 0 Å². The monoisotopic (exact) mass is 235 g/mol. The van der Waals surface area contributed by atoms with E-state index in [0.29, 0.717) is 6.42 Å². The highest BCUT2D eigenvalue weighted by Gasteiger charge is 2.26. The Bertz CT molecular complexity index is 426. The van der Waals surface area contributed by atoms with Gasteiger partial charge >= 0.3 is 5.97 Å². The maximum atomic E-state index is 11.1. The van der Waals surface area contributed by atoms with E-state index in [2.05, 4.69) is 0 Å². The summed E-state index contributed by atoms with van der Waals surface area (Å²) in [5.41, 5.74) is 10.5. The molecular weight excluding hydrogens is 214 g/mol. The number of aryl methyl sites for hydroxylation is 1. The summed E-state index contributed by atoms with van der Waals surface area (Å²) in [5.74, 6) is -1.34. The molecule has 0 spiro atoms. The Morgan fingerprint density at radius 1 is 1.29 bits per heavy atom. The largest absolute Gasteiger partial charge is 0.481 e. The molecule has 0 heterocycles. The fourth-order valence-electron chi connectivity index (χ4n) is 2.14. The molecule has 17 heavy (non-hydrogen) atoms. The van der Waals surface area contributed by atoms with E-state index in [1.807, 2.05) is 39.8 Å². The molecule has 1 aromatic rings. The van der Waals surface area contributed by atoms with Gasteiger partial charge in [-0.25, -0.2) is 0 Å². The first-order chi connectivity index (χ1) is 7.90. The molecule has 3 N–H and O–H groups in total. The van der Waals surface area contributed by atoms with Crippen LogP contribution in [0.4, 0.5) is 0 Å². The number of carbonyl (C=O) groups is 1. The molecule has 0 aliphatic rings. The van der Waals surface area contributed by atoms with Crippen LogP contribution in [0.15, 0.2) is 12.1 Å². The number of rotatable bonds is 4. The van der Waals surface area contributed by atoms with Crippen molar-refractivity contribution in [2.45, 2.75) is 40.2 Å². The molecule has 3 heteroatoms. The summed E-state index contributed by atoms with van der Waals surface area (Å²) >= 11 is 0. The quantitative estimate of drug-likeness (QED) is 0.843. The Labute approximate surface area is 103 Å². The summed E-state index contributed by atoms with van der Waals surface area (Å²) in [7, 11) is 0. The van der Waals surface area contributed by atoms with E-state index in [1.54, 1.807) is 0 Å². The molecule has 0 saturated carbocycles. The Hall–Kier alpha value is -1.35. The summed E-state index contributed by atoms with van der Waals surface area (Å²) < 4.78 is 0. The maximum absolute atomic E-state index is 11.1. The van der Waals surface area contributed by atoms with Crippen LogP contribution >= 0.6 is 0 Å². The van der Waals surface area contributed by atoms with Gasteiger partial charge in [-0.1, -0.05) is 19.1 Å². The minimum atomic E-state index is -0.822. The van der Waals surface area contributed by atoms with Gasteiger partial charge in [0.2, 0.25) is 0 Å². The van der Waals surface area contributed by atoms with Crippen molar-refractivity contribution in [3.8, 4) is 0 Å². The molecule has 0 saturated heterocycles. The number of hydrogen-bond donors (Lipinski definition) is 2. The van der Waals surface area contributed by atoms with E-state index in [4.69, 9.17) is 10.8 Å². The molecule has 1 rings (SSSR count). The van der Waals surface area contributed by atoms with Gasteiger partial charge in [-0.15, -0.1) is 0 Å². The van der Waals surface area contributed by atoms with Gasteiger partial charge in [0.05, 0.1) is 5.92 Å². The van der Waals surface area contributed by atoms with Crippen LogP contribution in [0.3, 0.4) is 0 Å². The Morgan fingerprint density at radius 2 is 1.88 bits per heavy atom. The van der Waals surface area contributed by atoms with Gasteiger partial charge in [0, 0.05) is 6.04 Å². The first-order valence-corrected chi connectivity index (χ1v) is 5.95. The van der Waals surface area contributed by atoms with Crippen LogP contribution in [0, 0.1) is 26.7 Å². The lowest BCUT2D eigenvalue weighted by molar-refractivity contribution is -0.142. The van der Waals surface area contributed by atoms with Crippen LogP contribution in [0.1, 0.15) is 41.6 Å². The Balaban J connectivity index is 3.16. The van der Waals surface area contributed by atoms with Crippen molar-refractivity contribution < 1.29 is 9.90 Å². The van der Waals surface area contributed by atoms with Crippen LogP contribution in [0.2, 0.25) is 0 Å². The molecule has 1 aromatic carbocycles. The van der Waals surface area contributed by atoms with Gasteiger partial charge in [-0.05, 0) is 49.4 Å². The van der Waals surface area contributed by atoms with Crippen molar-refractivity contribution in [1.29, 1.82) is 0 Å². The van der Waals surface area contributed by atoms with Crippen LogP contribution in [0.25, 0.3) is 0 Å². The van der Waals surface area contributed by atoms with Crippen molar-refractivity contribution in [3.05, 3.63) is 34.4 Å². The molecule has 0 fully saturated rings. The first-order valence-electron chi connectivity index (χ1n) is 5.95. The summed E-state index contributed by atoms with van der Waals surface area (Å²) in [6.07, 6.45) is 0.545. The van der Waals surface area contributed by atoms with E-state index >= 15 is 0 Å². The molecule has 0 aromatic heterocycles. The fraction of sp³-hybridized carbons (Fsp3) is 0.500. The number of benzene rings is 1. The van der Waals surface area contributed by atoms with E-state index in [-0.39, 0.29) is 0 Å². The van der Waals surface area contributed by atoms with E-state index in [1.165, 1.54) is 11.1 Å². The van der Waals surface area contributed by atoms with E-state index < -0.39 is 17.9 Å². The smallest absolute Gasteiger partial charge is 0.308 e. The average molecular weight is 235 g/mol. The zero-order valence-corrected chi connectivity index (χ0v) is 10.9. The minimum absolute atomic E-state index is 0.434. The van der Waals surface area contributed by atoms with Gasteiger partial charge in [-0.2, -0.15) is 0 Å². The number of carboxylic acid groups (broad SMARTS) is 1. The van der Waals surface area contributed by atoms with Gasteiger partial charge in [0.15, 0.2) is 0 Å². The minimum Gasteiger partial charge on any atom is -0.481 e. The average Bonchev–Trinajstić information content (AvgIpc) is 2.26. The molecule has 0 aliphatic carbocycles. The highest BCUT2D eigenvalue weighted by Crippen LogP contribution is 2.28.